The molecular formula is C15H17F3N4S2. The van der Waals surface area contributed by atoms with Gasteiger partial charge in [-0.15, -0.1) is 5.10 Å². The van der Waals surface area contributed by atoms with Gasteiger partial charge in [0.2, 0.25) is 5.13 Å². The Morgan fingerprint density at radius 1 is 1.29 bits per heavy atom. The van der Waals surface area contributed by atoms with Crippen LogP contribution in [0.15, 0.2) is 30.3 Å². The van der Waals surface area contributed by atoms with Crippen molar-refractivity contribution in [2.45, 2.75) is 25.7 Å². The number of anilines is 2. The number of benzene rings is 1. The Morgan fingerprint density at radius 3 is 2.75 bits per heavy atom. The first-order valence-electron chi connectivity index (χ1n) is 7.61. The first-order chi connectivity index (χ1) is 11.4. The minimum absolute atomic E-state index is 0.00421. The third-order valence-corrected chi connectivity index (χ3v) is 5.16. The first kappa shape index (κ1) is 17.4. The summed E-state index contributed by atoms with van der Waals surface area (Å²) in [6.07, 6.45) is -3.40. The maximum atomic E-state index is 12.9. The van der Waals surface area contributed by atoms with Gasteiger partial charge < -0.3 is 5.32 Å². The quantitative estimate of drug-likeness (QED) is 0.790. The zero-order valence-corrected chi connectivity index (χ0v) is 14.4. The van der Waals surface area contributed by atoms with Crippen LogP contribution in [0.25, 0.3) is 0 Å². The Morgan fingerprint density at radius 2 is 2.04 bits per heavy atom. The van der Waals surface area contributed by atoms with Crippen molar-refractivity contribution >= 4 is 34.4 Å². The summed E-state index contributed by atoms with van der Waals surface area (Å²) < 4.78 is 40.8. The molecule has 0 bridgehead atoms. The number of hydrogen-bond donors (Lipinski definition) is 1. The highest BCUT2D eigenvalue weighted by molar-refractivity contribution is 7.73. The fraction of sp³-hybridized carbons (Fsp3) is 0.467. The van der Waals surface area contributed by atoms with Crippen molar-refractivity contribution in [2.75, 3.05) is 18.4 Å². The Bertz CT molecular complexity index is 726. The largest absolute Gasteiger partial charge is 0.393 e. The maximum absolute atomic E-state index is 12.9. The number of nitrogens with zero attached hydrogens (tertiary/aromatic N) is 3. The molecule has 4 nitrogen and oxygen atoms in total. The predicted molar refractivity (Wildman–Crippen MR) is 91.0 cm³/mol. The van der Waals surface area contributed by atoms with E-state index in [0.29, 0.717) is 28.7 Å². The summed E-state index contributed by atoms with van der Waals surface area (Å²) >= 11 is 6.60. The van der Waals surface area contributed by atoms with Gasteiger partial charge >= 0.3 is 6.18 Å². The molecule has 0 saturated carbocycles. The number of rotatable bonds is 4. The van der Waals surface area contributed by atoms with Gasteiger partial charge in [0, 0.05) is 12.2 Å². The minimum Gasteiger partial charge on any atom is -0.330 e. The van der Waals surface area contributed by atoms with Crippen LogP contribution in [0.4, 0.5) is 24.0 Å². The molecule has 1 N–H and O–H groups in total. The van der Waals surface area contributed by atoms with E-state index in [1.807, 2.05) is 30.3 Å². The van der Waals surface area contributed by atoms with E-state index < -0.39 is 12.1 Å². The van der Waals surface area contributed by atoms with Gasteiger partial charge in [-0.25, -0.2) is 4.68 Å². The molecule has 1 fully saturated rings. The molecule has 1 aliphatic rings. The molecule has 0 radical (unpaired) electrons. The molecule has 3 rings (SSSR count). The van der Waals surface area contributed by atoms with Crippen molar-refractivity contribution in [3.05, 3.63) is 34.3 Å². The fourth-order valence-electron chi connectivity index (χ4n) is 2.73. The average Bonchev–Trinajstić information content (AvgIpc) is 2.87. The van der Waals surface area contributed by atoms with Crippen LogP contribution in [0, 0.1) is 9.87 Å². The monoisotopic (exact) mass is 374 g/mol. The number of likely N-dealkylation sites (tertiary alicyclic amines) is 1. The molecule has 1 saturated heterocycles. The Labute approximate surface area is 146 Å². The summed E-state index contributed by atoms with van der Waals surface area (Å²) in [5, 5.41) is 8.17. The SMILES string of the molecule is FC(F)(F)[C@@H]1CCCN(Cn2nc(Nc3ccccc3)sc2=S)C1. The lowest BCUT2D eigenvalue weighted by Crippen LogP contribution is -2.42. The van der Waals surface area contributed by atoms with Crippen LogP contribution < -0.4 is 5.32 Å². The van der Waals surface area contributed by atoms with Crippen LogP contribution in [-0.2, 0) is 6.67 Å². The van der Waals surface area contributed by atoms with Gasteiger partial charge in [-0.2, -0.15) is 13.2 Å². The summed E-state index contributed by atoms with van der Waals surface area (Å²) in [6.45, 7) is 0.927. The molecule has 0 spiro atoms. The van der Waals surface area contributed by atoms with E-state index in [-0.39, 0.29) is 13.0 Å². The van der Waals surface area contributed by atoms with E-state index in [1.165, 1.54) is 11.3 Å². The Hall–Kier alpha value is -1.45. The molecular weight excluding hydrogens is 357 g/mol. The van der Waals surface area contributed by atoms with Gasteiger partial charge in [0.25, 0.3) is 0 Å². The van der Waals surface area contributed by atoms with E-state index in [0.717, 1.165) is 5.69 Å². The number of halogens is 3. The normalized spacial score (nSPS) is 19.4. The molecule has 9 heteroatoms. The molecule has 2 heterocycles. The number of alkyl halides is 3. The summed E-state index contributed by atoms with van der Waals surface area (Å²) in [7, 11) is 0. The lowest BCUT2D eigenvalue weighted by molar-refractivity contribution is -0.188. The van der Waals surface area contributed by atoms with E-state index >= 15 is 0 Å². The third kappa shape index (κ3) is 4.34. The molecule has 1 atom stereocenters. The molecule has 0 amide bonds. The average molecular weight is 374 g/mol. The number of para-hydroxylation sites is 1. The van der Waals surface area contributed by atoms with Crippen LogP contribution in [0.3, 0.4) is 0 Å². The van der Waals surface area contributed by atoms with E-state index in [2.05, 4.69) is 10.4 Å². The molecule has 24 heavy (non-hydrogen) atoms. The number of aromatic nitrogens is 2. The fourth-order valence-corrected chi connectivity index (χ4v) is 3.74. The second-order valence-electron chi connectivity index (χ2n) is 5.76. The van der Waals surface area contributed by atoms with Crippen LogP contribution in [0.5, 0.6) is 0 Å². The molecule has 1 aromatic carbocycles. The molecule has 130 valence electrons. The first-order valence-corrected chi connectivity index (χ1v) is 8.83. The zero-order valence-electron chi connectivity index (χ0n) is 12.8. The summed E-state index contributed by atoms with van der Waals surface area (Å²) in [6, 6.07) is 9.55. The topological polar surface area (TPSA) is 33.1 Å². The van der Waals surface area contributed by atoms with Gasteiger partial charge in [-0.1, -0.05) is 29.5 Å². The lowest BCUT2D eigenvalue weighted by atomic mass is 9.98. The van der Waals surface area contributed by atoms with Crippen molar-refractivity contribution in [1.82, 2.24) is 14.7 Å². The molecule has 1 aliphatic heterocycles. The van der Waals surface area contributed by atoms with Crippen molar-refractivity contribution in [2.24, 2.45) is 5.92 Å². The van der Waals surface area contributed by atoms with Crippen molar-refractivity contribution in [3.8, 4) is 0 Å². The minimum atomic E-state index is -4.14. The Balaban J connectivity index is 1.66. The standard InChI is InChI=1S/C15H17F3N4S2/c16-15(17,18)11-5-4-8-21(9-11)10-22-14(23)24-13(20-22)19-12-6-2-1-3-7-12/h1-3,6-7,11H,4-5,8-10H2,(H,19,20)/t11-/m1/s1. The third-order valence-electron chi connectivity index (χ3n) is 3.93. The van der Waals surface area contributed by atoms with Gasteiger partial charge in [-0.3, -0.25) is 4.90 Å². The highest BCUT2D eigenvalue weighted by atomic mass is 32.1. The van der Waals surface area contributed by atoms with Crippen LogP contribution in [-0.4, -0.2) is 33.9 Å². The van der Waals surface area contributed by atoms with Gasteiger partial charge in [0.15, 0.2) is 3.95 Å². The van der Waals surface area contributed by atoms with Crippen molar-refractivity contribution < 1.29 is 13.2 Å². The summed E-state index contributed by atoms with van der Waals surface area (Å²) in [5.74, 6) is -1.26. The molecule has 0 aliphatic carbocycles. The van der Waals surface area contributed by atoms with Crippen LogP contribution in [0.1, 0.15) is 12.8 Å². The van der Waals surface area contributed by atoms with Crippen molar-refractivity contribution in [1.29, 1.82) is 0 Å². The van der Waals surface area contributed by atoms with Crippen LogP contribution >= 0.6 is 23.6 Å². The van der Waals surface area contributed by atoms with E-state index in [4.69, 9.17) is 12.2 Å². The van der Waals surface area contributed by atoms with Gasteiger partial charge in [-0.05, 0) is 43.7 Å². The smallest absolute Gasteiger partial charge is 0.330 e. The summed E-state index contributed by atoms with van der Waals surface area (Å²) in [5.41, 5.74) is 0.892. The van der Waals surface area contributed by atoms with Crippen molar-refractivity contribution in [3.63, 3.8) is 0 Å². The molecule has 1 aromatic heterocycles. The second-order valence-corrected chi connectivity index (χ2v) is 7.39. The second kappa shape index (κ2) is 7.20. The van der Waals surface area contributed by atoms with Crippen LogP contribution in [0.2, 0.25) is 0 Å². The number of nitrogens with one attached hydrogen (secondary N) is 1. The molecule has 0 unspecified atom stereocenters. The number of piperidine rings is 1. The maximum Gasteiger partial charge on any atom is 0.393 e. The van der Waals surface area contributed by atoms with Gasteiger partial charge in [0.05, 0.1) is 12.6 Å². The molecule has 2 aromatic rings. The Kier molecular flexibility index (Phi) is 5.21. The zero-order chi connectivity index (χ0) is 17.2. The predicted octanol–water partition coefficient (Wildman–Crippen LogP) is 4.65. The summed E-state index contributed by atoms with van der Waals surface area (Å²) in [4.78, 5) is 1.77. The lowest BCUT2D eigenvalue weighted by Gasteiger charge is -2.33. The van der Waals surface area contributed by atoms with Gasteiger partial charge in [0.1, 0.15) is 0 Å². The number of hydrogen-bond acceptors (Lipinski definition) is 5. The van der Waals surface area contributed by atoms with E-state index in [9.17, 15) is 13.2 Å². The highest BCUT2D eigenvalue weighted by Gasteiger charge is 2.41. The highest BCUT2D eigenvalue weighted by Crippen LogP contribution is 2.33. The van der Waals surface area contributed by atoms with E-state index in [1.54, 1.807) is 9.58 Å².